The second-order valence-corrected chi connectivity index (χ2v) is 5.77. The molecule has 0 unspecified atom stereocenters. The Labute approximate surface area is 118 Å². The summed E-state index contributed by atoms with van der Waals surface area (Å²) >= 11 is 2.87. The predicted octanol–water partition coefficient (Wildman–Crippen LogP) is 3.21. The van der Waals surface area contributed by atoms with Crippen LogP contribution in [0.3, 0.4) is 0 Å². The van der Waals surface area contributed by atoms with Gasteiger partial charge in [-0.2, -0.15) is 0 Å². The van der Waals surface area contributed by atoms with Gasteiger partial charge in [0.05, 0.1) is 4.47 Å². The number of hydrogen-bond donors (Lipinski definition) is 2. The predicted molar refractivity (Wildman–Crippen MR) is 70.4 cm³/mol. The highest BCUT2D eigenvalue weighted by Gasteiger charge is 2.21. The molecule has 1 aromatic rings. The summed E-state index contributed by atoms with van der Waals surface area (Å²) in [6, 6.07) is 1.89. The zero-order valence-electron chi connectivity index (χ0n) is 10.8. The van der Waals surface area contributed by atoms with Crippen molar-refractivity contribution in [2.24, 2.45) is 5.73 Å². The molecule has 0 aromatic heterocycles. The third kappa shape index (κ3) is 4.76. The number of alkyl carbamates (subject to hydrolysis) is 1. The molecule has 0 spiro atoms. The van der Waals surface area contributed by atoms with Crippen LogP contribution in [0.2, 0.25) is 0 Å². The van der Waals surface area contributed by atoms with Gasteiger partial charge in [0.15, 0.2) is 0 Å². The van der Waals surface area contributed by atoms with Gasteiger partial charge in [-0.3, -0.25) is 0 Å². The lowest BCUT2D eigenvalue weighted by Crippen LogP contribution is -2.38. The lowest BCUT2D eigenvalue weighted by atomic mass is 10.1. The molecule has 3 N–H and O–H groups in total. The lowest BCUT2D eigenvalue weighted by molar-refractivity contribution is 0.0504. The maximum absolute atomic E-state index is 13.7. The van der Waals surface area contributed by atoms with Crippen molar-refractivity contribution in [1.82, 2.24) is 5.32 Å². The first-order valence-corrected chi connectivity index (χ1v) is 6.29. The first kappa shape index (κ1) is 15.8. The number of benzene rings is 1. The molecular formula is C12H15BrF2N2O2. The molecule has 106 valence electrons. The van der Waals surface area contributed by atoms with Gasteiger partial charge in [-0.1, -0.05) is 0 Å². The quantitative estimate of drug-likeness (QED) is 0.643. The number of halogens is 3. The van der Waals surface area contributed by atoms with E-state index in [1.165, 1.54) is 0 Å². The number of nitrogens with two attached hydrogens (primary N) is 1. The van der Waals surface area contributed by atoms with Crippen molar-refractivity contribution in [3.8, 4) is 0 Å². The van der Waals surface area contributed by atoms with E-state index in [1.54, 1.807) is 20.8 Å². The standard InChI is InChI=1S/C12H15BrF2N2O2/c1-12(2,3)19-11(18)17-10(16)7-4-6(14)5-8(13)9(7)15/h4-5,10H,16H2,1-3H3,(H,17,18)/t10-/m0/s1. The molecule has 0 heterocycles. The third-order valence-corrected chi connectivity index (χ3v) is 2.61. The molecule has 0 radical (unpaired) electrons. The number of amides is 1. The molecule has 1 amide bonds. The molecule has 0 saturated heterocycles. The van der Waals surface area contributed by atoms with Crippen LogP contribution in [0.15, 0.2) is 16.6 Å². The van der Waals surface area contributed by atoms with E-state index in [0.29, 0.717) is 0 Å². The Kier molecular flexibility index (Phi) is 4.86. The number of ether oxygens (including phenoxy) is 1. The van der Waals surface area contributed by atoms with E-state index in [0.717, 1.165) is 12.1 Å². The van der Waals surface area contributed by atoms with E-state index in [4.69, 9.17) is 10.5 Å². The van der Waals surface area contributed by atoms with Crippen molar-refractivity contribution >= 4 is 22.0 Å². The summed E-state index contributed by atoms with van der Waals surface area (Å²) in [6.07, 6.45) is -2.01. The molecule has 0 saturated carbocycles. The monoisotopic (exact) mass is 336 g/mol. The highest BCUT2D eigenvalue weighted by atomic mass is 79.9. The van der Waals surface area contributed by atoms with Gasteiger partial charge in [0.25, 0.3) is 0 Å². The zero-order valence-corrected chi connectivity index (χ0v) is 12.3. The lowest BCUT2D eigenvalue weighted by Gasteiger charge is -2.22. The topological polar surface area (TPSA) is 64.3 Å². The minimum Gasteiger partial charge on any atom is -0.444 e. The normalized spacial score (nSPS) is 13.0. The van der Waals surface area contributed by atoms with Crippen LogP contribution in [0.25, 0.3) is 0 Å². The van der Waals surface area contributed by atoms with Gasteiger partial charge in [-0.25, -0.2) is 13.6 Å². The summed E-state index contributed by atoms with van der Waals surface area (Å²) in [5.41, 5.74) is 4.74. The fraction of sp³-hybridized carbons (Fsp3) is 0.417. The van der Waals surface area contributed by atoms with E-state index < -0.39 is 29.5 Å². The van der Waals surface area contributed by atoms with Crippen molar-refractivity contribution in [3.05, 3.63) is 33.8 Å². The smallest absolute Gasteiger partial charge is 0.409 e. The van der Waals surface area contributed by atoms with Crippen LogP contribution in [0.4, 0.5) is 13.6 Å². The molecule has 0 bridgehead atoms. The highest BCUT2D eigenvalue weighted by Crippen LogP contribution is 2.23. The molecular weight excluding hydrogens is 322 g/mol. The van der Waals surface area contributed by atoms with Crippen LogP contribution >= 0.6 is 15.9 Å². The van der Waals surface area contributed by atoms with Crippen LogP contribution in [0.1, 0.15) is 32.5 Å². The van der Waals surface area contributed by atoms with Gasteiger partial charge in [0, 0.05) is 5.56 Å². The number of hydrogen-bond acceptors (Lipinski definition) is 3. The Morgan fingerprint density at radius 3 is 2.53 bits per heavy atom. The van der Waals surface area contributed by atoms with E-state index in [2.05, 4.69) is 21.2 Å². The summed E-state index contributed by atoms with van der Waals surface area (Å²) in [5, 5.41) is 2.24. The average Bonchev–Trinajstić information content (AvgIpc) is 2.20. The fourth-order valence-electron chi connectivity index (χ4n) is 1.31. The molecule has 1 aromatic carbocycles. The van der Waals surface area contributed by atoms with Crippen LogP contribution < -0.4 is 11.1 Å². The minimum absolute atomic E-state index is 0.0658. The molecule has 0 aliphatic rings. The third-order valence-electron chi connectivity index (χ3n) is 2.03. The van der Waals surface area contributed by atoms with E-state index in [1.807, 2.05) is 0 Å². The van der Waals surface area contributed by atoms with Crippen LogP contribution in [-0.2, 0) is 4.74 Å². The Morgan fingerprint density at radius 1 is 1.42 bits per heavy atom. The van der Waals surface area contributed by atoms with Crippen LogP contribution in [0.5, 0.6) is 0 Å². The molecule has 4 nitrogen and oxygen atoms in total. The van der Waals surface area contributed by atoms with Gasteiger partial charge in [0.2, 0.25) is 0 Å². The second-order valence-electron chi connectivity index (χ2n) is 4.91. The molecule has 1 atom stereocenters. The molecule has 0 aliphatic carbocycles. The SMILES string of the molecule is CC(C)(C)OC(=O)N[C@H](N)c1cc(F)cc(Br)c1F. The fourth-order valence-corrected chi connectivity index (χ4v) is 1.76. The Morgan fingerprint density at radius 2 is 2.00 bits per heavy atom. The van der Waals surface area contributed by atoms with Gasteiger partial charge in [-0.05, 0) is 48.8 Å². The Balaban J connectivity index is 2.84. The maximum atomic E-state index is 13.7. The van der Waals surface area contributed by atoms with Crippen molar-refractivity contribution in [3.63, 3.8) is 0 Å². The van der Waals surface area contributed by atoms with Crippen LogP contribution in [0, 0.1) is 11.6 Å². The van der Waals surface area contributed by atoms with E-state index >= 15 is 0 Å². The summed E-state index contributed by atoms with van der Waals surface area (Å²) in [5.74, 6) is -1.39. The first-order valence-electron chi connectivity index (χ1n) is 5.49. The van der Waals surface area contributed by atoms with E-state index in [-0.39, 0.29) is 10.0 Å². The largest absolute Gasteiger partial charge is 0.444 e. The van der Waals surface area contributed by atoms with Gasteiger partial charge >= 0.3 is 6.09 Å². The summed E-state index contributed by atoms with van der Waals surface area (Å²) in [6.45, 7) is 5.03. The van der Waals surface area contributed by atoms with Gasteiger partial charge in [0.1, 0.15) is 23.4 Å². The Bertz CT molecular complexity index is 489. The van der Waals surface area contributed by atoms with Crippen molar-refractivity contribution in [2.45, 2.75) is 32.5 Å². The van der Waals surface area contributed by atoms with Gasteiger partial charge in [-0.15, -0.1) is 0 Å². The Hall–Kier alpha value is -1.21. The number of carbonyl (C=O) groups is 1. The number of rotatable bonds is 2. The van der Waals surface area contributed by atoms with Crippen molar-refractivity contribution in [2.75, 3.05) is 0 Å². The zero-order chi connectivity index (χ0) is 14.8. The first-order chi connectivity index (χ1) is 8.60. The average molecular weight is 337 g/mol. The molecule has 0 aliphatic heterocycles. The van der Waals surface area contributed by atoms with Crippen LogP contribution in [-0.4, -0.2) is 11.7 Å². The summed E-state index contributed by atoms with van der Waals surface area (Å²) in [7, 11) is 0. The van der Waals surface area contributed by atoms with Crippen molar-refractivity contribution < 1.29 is 18.3 Å². The minimum atomic E-state index is -1.21. The summed E-state index contributed by atoms with van der Waals surface area (Å²) < 4.78 is 31.8. The highest BCUT2D eigenvalue weighted by molar-refractivity contribution is 9.10. The maximum Gasteiger partial charge on any atom is 0.409 e. The van der Waals surface area contributed by atoms with Gasteiger partial charge < -0.3 is 15.8 Å². The molecule has 7 heteroatoms. The molecule has 1 rings (SSSR count). The van der Waals surface area contributed by atoms with E-state index in [9.17, 15) is 13.6 Å². The molecule has 19 heavy (non-hydrogen) atoms. The second kappa shape index (κ2) is 5.83. The number of carbonyl (C=O) groups excluding carboxylic acids is 1. The van der Waals surface area contributed by atoms with Crippen molar-refractivity contribution in [1.29, 1.82) is 0 Å². The molecule has 0 fully saturated rings. The number of nitrogens with one attached hydrogen (secondary N) is 1. The summed E-state index contributed by atoms with van der Waals surface area (Å²) in [4.78, 5) is 11.5.